The minimum Gasteiger partial charge on any atom is -0.389 e. The molecule has 5 rings (SSSR count). The van der Waals surface area contributed by atoms with E-state index in [1.165, 1.54) is 5.56 Å². The van der Waals surface area contributed by atoms with E-state index in [0.717, 1.165) is 12.8 Å². The molecule has 0 aromatic heterocycles. The molecule has 1 N–H and O–H groups in total. The molecule has 2 heteroatoms. The second-order valence-corrected chi connectivity index (χ2v) is 5.85. The summed E-state index contributed by atoms with van der Waals surface area (Å²) < 4.78 is 0. The van der Waals surface area contributed by atoms with Crippen molar-refractivity contribution in [1.29, 1.82) is 0 Å². The van der Waals surface area contributed by atoms with Crippen molar-refractivity contribution in [3.63, 3.8) is 0 Å². The van der Waals surface area contributed by atoms with Crippen LogP contribution in [0.4, 0.5) is 0 Å². The first-order chi connectivity index (χ1) is 8.23. The molecule has 0 spiro atoms. The van der Waals surface area contributed by atoms with Gasteiger partial charge in [-0.15, -0.1) is 0 Å². The van der Waals surface area contributed by atoms with Crippen LogP contribution in [0.5, 0.6) is 0 Å². The van der Waals surface area contributed by atoms with Gasteiger partial charge in [-0.3, -0.25) is 4.79 Å². The molecule has 2 bridgehead atoms. The largest absolute Gasteiger partial charge is 0.389 e. The fourth-order valence-corrected chi connectivity index (χ4v) is 4.45. The standard InChI is InChI=1S/C15H16O2/c16-12-8-10-6-7-11(12)14-13(15(10,14)17)9-4-2-1-3-5-9/h1-5,10-11,13-14,17H,6-8H2. The maximum absolute atomic E-state index is 11.9. The van der Waals surface area contributed by atoms with Crippen LogP contribution in [0.15, 0.2) is 30.3 Å². The van der Waals surface area contributed by atoms with Gasteiger partial charge in [-0.1, -0.05) is 30.3 Å². The Labute approximate surface area is 101 Å². The van der Waals surface area contributed by atoms with E-state index < -0.39 is 5.60 Å². The first-order valence-corrected chi connectivity index (χ1v) is 6.53. The molecule has 2 nitrogen and oxygen atoms in total. The second kappa shape index (κ2) is 2.99. The zero-order valence-electron chi connectivity index (χ0n) is 9.67. The highest BCUT2D eigenvalue weighted by molar-refractivity contribution is 5.85. The number of fused-ring (bicyclic) bond motifs is 2. The van der Waals surface area contributed by atoms with Crippen molar-refractivity contribution in [3.8, 4) is 0 Å². The van der Waals surface area contributed by atoms with Crippen molar-refractivity contribution in [2.24, 2.45) is 17.8 Å². The van der Waals surface area contributed by atoms with Crippen molar-refractivity contribution in [2.75, 3.05) is 0 Å². The normalized spacial score (nSPS) is 46.8. The van der Waals surface area contributed by atoms with Crippen LogP contribution in [0.3, 0.4) is 0 Å². The van der Waals surface area contributed by atoms with Gasteiger partial charge in [0.25, 0.3) is 0 Å². The Kier molecular flexibility index (Phi) is 1.73. The number of Topliss-reactive ketones (excluding diaryl/α,β-unsaturated/α-hetero) is 1. The Bertz CT molecular complexity index is 481. The molecule has 4 saturated carbocycles. The van der Waals surface area contributed by atoms with E-state index in [0.29, 0.717) is 12.2 Å². The third-order valence-electron chi connectivity index (χ3n) is 5.22. The average Bonchev–Trinajstić information content (AvgIpc) is 3.00. The summed E-state index contributed by atoms with van der Waals surface area (Å²) in [5.74, 6) is 1.18. The summed E-state index contributed by atoms with van der Waals surface area (Å²) in [6.07, 6.45) is 2.65. The molecule has 0 radical (unpaired) electrons. The van der Waals surface area contributed by atoms with Gasteiger partial charge in [0, 0.05) is 24.2 Å². The highest BCUT2D eigenvalue weighted by Gasteiger charge is 2.75. The SMILES string of the molecule is O=C1CC2CCC1C1C(c3ccccc3)C21O. The summed E-state index contributed by atoms with van der Waals surface area (Å²) in [4.78, 5) is 11.9. The Morgan fingerprint density at radius 1 is 1.18 bits per heavy atom. The number of ketones is 1. The molecule has 17 heavy (non-hydrogen) atoms. The summed E-state index contributed by atoms with van der Waals surface area (Å²) in [7, 11) is 0. The first kappa shape index (κ1) is 9.84. The molecule has 5 atom stereocenters. The summed E-state index contributed by atoms with van der Waals surface area (Å²) in [5, 5.41) is 10.8. The predicted octanol–water partition coefficient (Wildman–Crippen LogP) is 2.13. The van der Waals surface area contributed by atoms with Crippen molar-refractivity contribution < 1.29 is 9.90 Å². The van der Waals surface area contributed by atoms with Gasteiger partial charge in [0.2, 0.25) is 0 Å². The molecule has 4 aliphatic rings. The number of hydrogen-bond acceptors (Lipinski definition) is 2. The van der Waals surface area contributed by atoms with E-state index >= 15 is 0 Å². The zero-order chi connectivity index (χ0) is 11.6. The Balaban J connectivity index is 1.76. The van der Waals surface area contributed by atoms with Gasteiger partial charge in [-0.25, -0.2) is 0 Å². The van der Waals surface area contributed by atoms with Crippen LogP contribution in [0.25, 0.3) is 0 Å². The third kappa shape index (κ3) is 1.07. The minimum absolute atomic E-state index is 0.134. The smallest absolute Gasteiger partial charge is 0.136 e. The number of carbonyl (C=O) groups excluding carboxylic acids is 1. The van der Waals surface area contributed by atoms with Crippen LogP contribution in [0.2, 0.25) is 0 Å². The second-order valence-electron chi connectivity index (χ2n) is 5.85. The van der Waals surface area contributed by atoms with Crippen molar-refractivity contribution in [1.82, 2.24) is 0 Å². The lowest BCUT2D eigenvalue weighted by Crippen LogP contribution is -2.43. The van der Waals surface area contributed by atoms with Crippen LogP contribution >= 0.6 is 0 Å². The highest BCUT2D eigenvalue weighted by Crippen LogP contribution is 2.71. The van der Waals surface area contributed by atoms with E-state index in [9.17, 15) is 9.90 Å². The molecule has 0 aliphatic heterocycles. The van der Waals surface area contributed by atoms with E-state index in [1.807, 2.05) is 18.2 Å². The van der Waals surface area contributed by atoms with Gasteiger partial charge >= 0.3 is 0 Å². The fraction of sp³-hybridized carbons (Fsp3) is 0.533. The number of carbonyl (C=O) groups is 1. The monoisotopic (exact) mass is 228 g/mol. The summed E-state index contributed by atoms with van der Waals surface area (Å²) in [5.41, 5.74) is 0.657. The van der Waals surface area contributed by atoms with E-state index in [1.54, 1.807) is 0 Å². The van der Waals surface area contributed by atoms with Crippen LogP contribution < -0.4 is 0 Å². The van der Waals surface area contributed by atoms with E-state index in [4.69, 9.17) is 0 Å². The van der Waals surface area contributed by atoms with Gasteiger partial charge in [0.05, 0.1) is 5.60 Å². The molecule has 1 aromatic rings. The first-order valence-electron chi connectivity index (χ1n) is 6.53. The van der Waals surface area contributed by atoms with Gasteiger partial charge in [-0.2, -0.15) is 0 Å². The maximum Gasteiger partial charge on any atom is 0.136 e. The number of hydrogen-bond donors (Lipinski definition) is 1. The molecule has 88 valence electrons. The van der Waals surface area contributed by atoms with Crippen LogP contribution in [0.1, 0.15) is 30.7 Å². The number of benzene rings is 1. The number of rotatable bonds is 1. The molecule has 4 fully saturated rings. The van der Waals surface area contributed by atoms with Crippen LogP contribution in [-0.2, 0) is 4.79 Å². The molecule has 0 saturated heterocycles. The lowest BCUT2D eigenvalue weighted by molar-refractivity contribution is -0.135. The molecular weight excluding hydrogens is 212 g/mol. The lowest BCUT2D eigenvalue weighted by Gasteiger charge is -2.37. The fourth-order valence-electron chi connectivity index (χ4n) is 4.45. The van der Waals surface area contributed by atoms with Crippen molar-refractivity contribution in [2.45, 2.75) is 30.8 Å². The van der Waals surface area contributed by atoms with Crippen molar-refractivity contribution in [3.05, 3.63) is 35.9 Å². The molecular formula is C15H16O2. The molecule has 5 unspecified atom stereocenters. The van der Waals surface area contributed by atoms with Crippen molar-refractivity contribution >= 4 is 5.78 Å². The van der Waals surface area contributed by atoms with Gasteiger partial charge in [-0.05, 0) is 24.3 Å². The highest BCUT2D eigenvalue weighted by atomic mass is 16.3. The molecule has 0 heterocycles. The molecule has 0 amide bonds. The van der Waals surface area contributed by atoms with E-state index in [-0.39, 0.29) is 23.7 Å². The Hall–Kier alpha value is -1.15. The Morgan fingerprint density at radius 3 is 2.59 bits per heavy atom. The predicted molar refractivity (Wildman–Crippen MR) is 63.5 cm³/mol. The van der Waals surface area contributed by atoms with Crippen LogP contribution in [-0.4, -0.2) is 16.5 Å². The van der Waals surface area contributed by atoms with Gasteiger partial charge in [0.15, 0.2) is 0 Å². The average molecular weight is 228 g/mol. The Morgan fingerprint density at radius 2 is 1.94 bits per heavy atom. The summed E-state index contributed by atoms with van der Waals surface area (Å²) in [6.45, 7) is 0. The zero-order valence-corrected chi connectivity index (χ0v) is 9.67. The topological polar surface area (TPSA) is 37.3 Å². The van der Waals surface area contributed by atoms with Crippen LogP contribution in [0, 0.1) is 17.8 Å². The minimum atomic E-state index is -0.557. The molecule has 4 aliphatic carbocycles. The van der Waals surface area contributed by atoms with Gasteiger partial charge < -0.3 is 5.11 Å². The van der Waals surface area contributed by atoms with E-state index in [2.05, 4.69) is 12.1 Å². The lowest BCUT2D eigenvalue weighted by atomic mass is 9.68. The van der Waals surface area contributed by atoms with Gasteiger partial charge in [0.1, 0.15) is 5.78 Å². The number of aliphatic hydroxyl groups is 1. The maximum atomic E-state index is 11.9. The summed E-state index contributed by atoms with van der Waals surface area (Å²) in [6, 6.07) is 10.2. The quantitative estimate of drug-likeness (QED) is 0.799. The molecule has 1 aromatic carbocycles. The summed E-state index contributed by atoms with van der Waals surface area (Å²) >= 11 is 0. The third-order valence-corrected chi connectivity index (χ3v) is 5.22.